The average molecular weight is 359 g/mol. The predicted octanol–water partition coefficient (Wildman–Crippen LogP) is 0.928. The Hall–Kier alpha value is -1.79. The van der Waals surface area contributed by atoms with Crippen molar-refractivity contribution in [2.24, 2.45) is 0 Å². The summed E-state index contributed by atoms with van der Waals surface area (Å²) in [6, 6.07) is 0. The van der Waals surface area contributed by atoms with E-state index in [2.05, 4.69) is 19.7 Å². The van der Waals surface area contributed by atoms with Gasteiger partial charge in [0.25, 0.3) is 0 Å². The van der Waals surface area contributed by atoms with E-state index in [0.29, 0.717) is 26.4 Å². The molecule has 0 saturated carbocycles. The molecular formula is C15H25N3O7. The van der Waals surface area contributed by atoms with Gasteiger partial charge in [0, 0.05) is 0 Å². The minimum absolute atomic E-state index is 0.154. The summed E-state index contributed by atoms with van der Waals surface area (Å²) in [6.45, 7) is 14.4. The van der Waals surface area contributed by atoms with Gasteiger partial charge in [-0.15, -0.1) is 23.0 Å². The number of hydrogen-bond donors (Lipinski definition) is 0. The second-order valence-electron chi connectivity index (χ2n) is 4.51. The third-order valence-electron chi connectivity index (χ3n) is 2.55. The molecule has 0 aromatic heterocycles. The number of carbonyl (C=O) groups is 1. The van der Waals surface area contributed by atoms with Gasteiger partial charge >= 0.3 is 5.97 Å². The zero-order chi connectivity index (χ0) is 18.5. The molecule has 142 valence electrons. The molecule has 0 N–H and O–H groups in total. The van der Waals surface area contributed by atoms with Crippen LogP contribution in [0.3, 0.4) is 0 Å². The Morgan fingerprint density at radius 2 is 1.52 bits per heavy atom. The highest BCUT2D eigenvalue weighted by atomic mass is 17.3. The van der Waals surface area contributed by atoms with Crippen LogP contribution in [-0.2, 0) is 33.8 Å². The molecule has 0 amide bonds. The summed E-state index contributed by atoms with van der Waals surface area (Å²) in [7, 11) is 0. The molecule has 0 unspecified atom stereocenters. The Morgan fingerprint density at radius 3 is 1.96 bits per heavy atom. The van der Waals surface area contributed by atoms with Gasteiger partial charge in [0.2, 0.25) is 0 Å². The molecule has 10 nitrogen and oxygen atoms in total. The van der Waals surface area contributed by atoms with Gasteiger partial charge in [-0.2, -0.15) is 4.94 Å². The molecule has 0 bridgehead atoms. The van der Waals surface area contributed by atoms with Gasteiger partial charge in [0.15, 0.2) is 5.70 Å². The molecule has 1 heterocycles. The second-order valence-corrected chi connectivity index (χ2v) is 4.51. The summed E-state index contributed by atoms with van der Waals surface area (Å²) in [5.41, 5.74) is -0.154. The van der Waals surface area contributed by atoms with Crippen molar-refractivity contribution in [2.45, 2.75) is 6.92 Å². The fourth-order valence-electron chi connectivity index (χ4n) is 1.47. The predicted molar refractivity (Wildman–Crippen MR) is 86.3 cm³/mol. The standard InChI is InChI=1S/C15H25N3O7/c1-5-10-20-12-8-16-23-17(9-13-21-11-6-2)25-18(24-16)14(4)15(19)22-7-3/h5-6H,1-2,4,7-13H2,3H3. The van der Waals surface area contributed by atoms with Gasteiger partial charge in [-0.1, -0.05) is 24.0 Å². The minimum Gasteiger partial charge on any atom is -0.461 e. The Balaban J connectivity index is 2.58. The molecule has 0 aliphatic carbocycles. The summed E-state index contributed by atoms with van der Waals surface area (Å²) in [6.07, 6.45) is 3.25. The first kappa shape index (κ1) is 21.3. The van der Waals surface area contributed by atoms with E-state index in [4.69, 9.17) is 29.0 Å². The van der Waals surface area contributed by atoms with Crippen LogP contribution in [0, 0.1) is 0 Å². The highest BCUT2D eigenvalue weighted by molar-refractivity contribution is 5.86. The van der Waals surface area contributed by atoms with Crippen LogP contribution >= 0.6 is 0 Å². The zero-order valence-electron chi connectivity index (χ0n) is 14.4. The number of rotatable bonds is 13. The van der Waals surface area contributed by atoms with E-state index in [1.807, 2.05) is 0 Å². The quantitative estimate of drug-likeness (QED) is 0.205. The van der Waals surface area contributed by atoms with Crippen LogP contribution in [0.2, 0.25) is 0 Å². The van der Waals surface area contributed by atoms with E-state index in [9.17, 15) is 4.79 Å². The normalized spacial score (nSPS) is 15.8. The second kappa shape index (κ2) is 12.6. The lowest BCUT2D eigenvalue weighted by molar-refractivity contribution is -0.700. The minimum atomic E-state index is -0.685. The smallest absolute Gasteiger partial charge is 0.359 e. The van der Waals surface area contributed by atoms with Crippen LogP contribution in [0.15, 0.2) is 37.6 Å². The lowest BCUT2D eigenvalue weighted by atomic mass is 10.5. The van der Waals surface area contributed by atoms with Crippen molar-refractivity contribution >= 4 is 5.97 Å². The third kappa shape index (κ3) is 8.23. The maximum atomic E-state index is 11.8. The highest BCUT2D eigenvalue weighted by Crippen LogP contribution is 2.17. The van der Waals surface area contributed by atoms with E-state index in [0.717, 1.165) is 15.7 Å². The van der Waals surface area contributed by atoms with E-state index < -0.39 is 5.97 Å². The monoisotopic (exact) mass is 359 g/mol. The number of esters is 1. The SMILES string of the molecule is C=CCOCCN1ON(CCOCC=C)ON(C(=C)C(=O)OCC)O1. The number of carbonyl (C=O) groups excluding carboxylic acids is 1. The van der Waals surface area contributed by atoms with E-state index >= 15 is 0 Å². The van der Waals surface area contributed by atoms with Crippen LogP contribution in [0.25, 0.3) is 0 Å². The maximum absolute atomic E-state index is 11.8. The van der Waals surface area contributed by atoms with Gasteiger partial charge in [0.05, 0.1) is 46.1 Å². The van der Waals surface area contributed by atoms with Gasteiger partial charge in [0.1, 0.15) is 0 Å². The largest absolute Gasteiger partial charge is 0.461 e. The molecule has 1 saturated heterocycles. The molecular weight excluding hydrogens is 334 g/mol. The highest BCUT2D eigenvalue weighted by Gasteiger charge is 2.32. The van der Waals surface area contributed by atoms with E-state index in [-0.39, 0.29) is 25.4 Å². The fourth-order valence-corrected chi connectivity index (χ4v) is 1.47. The van der Waals surface area contributed by atoms with Crippen LogP contribution in [0.1, 0.15) is 6.92 Å². The molecule has 0 aromatic rings. The first-order valence-electron chi connectivity index (χ1n) is 7.75. The lowest BCUT2D eigenvalue weighted by Crippen LogP contribution is -2.51. The van der Waals surface area contributed by atoms with Crippen molar-refractivity contribution in [2.75, 3.05) is 46.1 Å². The summed E-state index contributed by atoms with van der Waals surface area (Å²) < 4.78 is 15.4. The average Bonchev–Trinajstić information content (AvgIpc) is 2.62. The lowest BCUT2D eigenvalue weighted by Gasteiger charge is -2.37. The number of hydrogen-bond acceptors (Lipinski definition) is 10. The van der Waals surface area contributed by atoms with Crippen LogP contribution in [0.5, 0.6) is 0 Å². The van der Waals surface area contributed by atoms with Gasteiger partial charge < -0.3 is 14.2 Å². The van der Waals surface area contributed by atoms with Crippen molar-refractivity contribution < 1.29 is 33.8 Å². The molecule has 1 aliphatic rings. The summed E-state index contributed by atoms with van der Waals surface area (Å²) in [5, 5.41) is 2.94. The zero-order valence-corrected chi connectivity index (χ0v) is 14.4. The molecule has 10 heteroatoms. The molecule has 1 rings (SSSR count). The summed E-state index contributed by atoms with van der Waals surface area (Å²) >= 11 is 0. The fraction of sp³-hybridized carbons (Fsp3) is 0.533. The molecule has 0 radical (unpaired) electrons. The molecule has 1 aliphatic heterocycles. The molecule has 25 heavy (non-hydrogen) atoms. The van der Waals surface area contributed by atoms with Crippen molar-refractivity contribution in [1.82, 2.24) is 15.7 Å². The topological polar surface area (TPSA) is 82.2 Å². The number of hydroxylamine groups is 6. The van der Waals surface area contributed by atoms with E-state index in [1.54, 1.807) is 19.1 Å². The van der Waals surface area contributed by atoms with Crippen molar-refractivity contribution in [1.29, 1.82) is 0 Å². The Morgan fingerprint density at radius 1 is 1.00 bits per heavy atom. The molecule has 1 fully saturated rings. The summed E-state index contributed by atoms with van der Waals surface area (Å²) in [4.78, 5) is 27.7. The first-order chi connectivity index (χ1) is 12.1. The van der Waals surface area contributed by atoms with Crippen LogP contribution < -0.4 is 0 Å². The van der Waals surface area contributed by atoms with Gasteiger partial charge in [-0.05, 0) is 17.4 Å². The van der Waals surface area contributed by atoms with Gasteiger partial charge in [-0.3, -0.25) is 0 Å². The van der Waals surface area contributed by atoms with Gasteiger partial charge in [-0.25, -0.2) is 4.79 Å². The number of ether oxygens (including phenoxy) is 3. The third-order valence-corrected chi connectivity index (χ3v) is 2.55. The van der Waals surface area contributed by atoms with Crippen molar-refractivity contribution in [3.05, 3.63) is 37.6 Å². The Labute approximate surface area is 147 Å². The Kier molecular flexibility index (Phi) is 10.7. The van der Waals surface area contributed by atoms with Crippen molar-refractivity contribution in [3.63, 3.8) is 0 Å². The molecule has 0 aromatic carbocycles. The number of nitrogens with zero attached hydrogens (tertiary/aromatic N) is 3. The Bertz CT molecular complexity index is 423. The van der Waals surface area contributed by atoms with E-state index in [1.165, 1.54) is 0 Å². The summed E-state index contributed by atoms with van der Waals surface area (Å²) in [5.74, 6) is -0.685. The first-order valence-corrected chi connectivity index (χ1v) is 7.75. The van der Waals surface area contributed by atoms with Crippen molar-refractivity contribution in [3.8, 4) is 0 Å². The maximum Gasteiger partial charge on any atom is 0.359 e. The molecule has 0 atom stereocenters. The van der Waals surface area contributed by atoms with Crippen LogP contribution in [0.4, 0.5) is 0 Å². The van der Waals surface area contributed by atoms with Crippen LogP contribution in [-0.4, -0.2) is 67.8 Å². The molecule has 0 spiro atoms.